The highest BCUT2D eigenvalue weighted by Crippen LogP contribution is 2.40. The first-order valence-corrected chi connectivity index (χ1v) is 11.3. The molecule has 0 amide bonds. The Morgan fingerprint density at radius 2 is 1.87 bits per heavy atom. The molecule has 0 spiro atoms. The van der Waals surface area contributed by atoms with Crippen LogP contribution < -0.4 is 0 Å². The van der Waals surface area contributed by atoms with Gasteiger partial charge in [-0.3, -0.25) is 0 Å². The monoisotopic (exact) mass is 450 g/mol. The lowest BCUT2D eigenvalue weighted by atomic mass is 10.2. The van der Waals surface area contributed by atoms with Gasteiger partial charge in [-0.2, -0.15) is 18.3 Å². The van der Waals surface area contributed by atoms with E-state index < -0.39 is 21.6 Å². The Hall–Kier alpha value is -3.02. The van der Waals surface area contributed by atoms with Gasteiger partial charge in [0.2, 0.25) is 0 Å². The quantitative estimate of drug-likeness (QED) is 0.473. The highest BCUT2D eigenvalue weighted by Gasteiger charge is 2.33. The SMILES string of the molecule is CCS(=O)(=O)c1nn2cc(C3CC3)cnc2c1-c1nc2cc(C(F)(F)F)cnc2n1C. The molecular weight excluding hydrogens is 433 g/mol. The van der Waals surface area contributed by atoms with Crippen molar-refractivity contribution in [2.24, 2.45) is 7.05 Å². The molecule has 1 aliphatic rings. The van der Waals surface area contributed by atoms with Crippen LogP contribution in [0.2, 0.25) is 0 Å². The van der Waals surface area contributed by atoms with E-state index in [0.29, 0.717) is 5.92 Å². The molecule has 0 radical (unpaired) electrons. The Balaban J connectivity index is 1.80. The Morgan fingerprint density at radius 3 is 2.52 bits per heavy atom. The fourth-order valence-electron chi connectivity index (χ4n) is 3.56. The van der Waals surface area contributed by atoms with Gasteiger partial charge >= 0.3 is 6.18 Å². The zero-order chi connectivity index (χ0) is 22.1. The predicted octanol–water partition coefficient (Wildman–Crippen LogP) is 3.37. The fraction of sp³-hybridized carbons (Fsp3) is 0.368. The average Bonchev–Trinajstić information content (AvgIpc) is 3.43. The molecule has 4 aromatic rings. The van der Waals surface area contributed by atoms with E-state index in [-0.39, 0.29) is 39.0 Å². The standard InChI is InChI=1S/C19H17F3N6O2S/c1-3-31(29,30)18-14(16-23-7-11(10-4-5-10)9-28(16)26-18)17-25-13-6-12(19(20,21)22)8-24-15(13)27(17)2/h6-10H,3-5H2,1-2H3. The van der Waals surface area contributed by atoms with Crippen molar-refractivity contribution in [3.8, 4) is 11.4 Å². The maximum atomic E-state index is 13.1. The van der Waals surface area contributed by atoms with Crippen molar-refractivity contribution >= 4 is 26.6 Å². The number of alkyl halides is 3. The molecule has 12 heteroatoms. The van der Waals surface area contributed by atoms with E-state index in [1.54, 1.807) is 19.4 Å². The van der Waals surface area contributed by atoms with Crippen molar-refractivity contribution < 1.29 is 21.6 Å². The highest BCUT2D eigenvalue weighted by atomic mass is 32.2. The van der Waals surface area contributed by atoms with Crippen LogP contribution in [0.4, 0.5) is 13.2 Å². The number of imidazole rings is 1. The molecule has 5 rings (SSSR count). The second kappa shape index (κ2) is 6.49. The van der Waals surface area contributed by atoms with Crippen LogP contribution in [0.3, 0.4) is 0 Å². The molecule has 0 atom stereocenters. The van der Waals surface area contributed by atoms with Crippen LogP contribution in [-0.2, 0) is 23.1 Å². The van der Waals surface area contributed by atoms with Gasteiger partial charge in [0.15, 0.2) is 26.2 Å². The third-order valence-corrected chi connectivity index (χ3v) is 7.08. The largest absolute Gasteiger partial charge is 0.417 e. The molecule has 162 valence electrons. The van der Waals surface area contributed by atoms with Gasteiger partial charge in [0, 0.05) is 25.6 Å². The van der Waals surface area contributed by atoms with Gasteiger partial charge in [-0.1, -0.05) is 6.92 Å². The molecule has 1 saturated carbocycles. The van der Waals surface area contributed by atoms with E-state index >= 15 is 0 Å². The number of hydrogen-bond acceptors (Lipinski definition) is 6. The number of pyridine rings is 1. The van der Waals surface area contributed by atoms with Crippen LogP contribution in [-0.4, -0.2) is 43.3 Å². The van der Waals surface area contributed by atoms with Gasteiger partial charge < -0.3 is 4.57 Å². The number of rotatable bonds is 4. The van der Waals surface area contributed by atoms with Gasteiger partial charge in [-0.15, -0.1) is 0 Å². The van der Waals surface area contributed by atoms with Crippen LogP contribution in [0.25, 0.3) is 28.2 Å². The molecule has 0 aliphatic heterocycles. The molecule has 4 aromatic heterocycles. The van der Waals surface area contributed by atoms with Crippen LogP contribution in [0.1, 0.15) is 36.8 Å². The summed E-state index contributed by atoms with van der Waals surface area (Å²) in [4.78, 5) is 12.6. The summed E-state index contributed by atoms with van der Waals surface area (Å²) >= 11 is 0. The van der Waals surface area contributed by atoms with E-state index in [1.807, 2.05) is 0 Å². The zero-order valence-electron chi connectivity index (χ0n) is 16.5. The Kier molecular flexibility index (Phi) is 4.17. The second-order valence-corrected chi connectivity index (χ2v) is 9.77. The predicted molar refractivity (Wildman–Crippen MR) is 105 cm³/mol. The summed E-state index contributed by atoms with van der Waals surface area (Å²) in [5.74, 6) is 0.326. The van der Waals surface area contributed by atoms with Gasteiger partial charge in [0.05, 0.1) is 11.3 Å². The lowest BCUT2D eigenvalue weighted by Gasteiger charge is -2.05. The molecule has 0 bridgehead atoms. The number of fused-ring (bicyclic) bond motifs is 2. The molecule has 0 saturated heterocycles. The van der Waals surface area contributed by atoms with Crippen molar-refractivity contribution in [2.45, 2.75) is 36.9 Å². The molecule has 1 fully saturated rings. The summed E-state index contributed by atoms with van der Waals surface area (Å²) in [5.41, 5.74) is 0.642. The first-order valence-electron chi connectivity index (χ1n) is 9.61. The minimum absolute atomic E-state index is 0.00104. The maximum absolute atomic E-state index is 13.1. The Labute approximate surface area is 174 Å². The smallest absolute Gasteiger partial charge is 0.312 e. The summed E-state index contributed by atoms with van der Waals surface area (Å²) in [7, 11) is -2.20. The summed E-state index contributed by atoms with van der Waals surface area (Å²) in [6.07, 6.45) is 1.68. The van der Waals surface area contributed by atoms with Crippen LogP contribution in [0, 0.1) is 0 Å². The van der Waals surface area contributed by atoms with E-state index in [4.69, 9.17) is 0 Å². The first-order chi connectivity index (χ1) is 14.6. The topological polar surface area (TPSA) is 95.0 Å². The molecule has 31 heavy (non-hydrogen) atoms. The summed E-state index contributed by atoms with van der Waals surface area (Å²) < 4.78 is 67.8. The summed E-state index contributed by atoms with van der Waals surface area (Å²) in [6.45, 7) is 1.50. The van der Waals surface area contributed by atoms with Gasteiger partial charge in [-0.05, 0) is 30.4 Å². The number of aryl methyl sites for hydroxylation is 1. The van der Waals surface area contributed by atoms with Crippen molar-refractivity contribution in [3.05, 3.63) is 35.8 Å². The average molecular weight is 450 g/mol. The maximum Gasteiger partial charge on any atom is 0.417 e. The van der Waals surface area contributed by atoms with E-state index in [1.165, 1.54) is 16.0 Å². The molecule has 4 heterocycles. The molecule has 1 aliphatic carbocycles. The minimum atomic E-state index is -4.57. The Morgan fingerprint density at radius 1 is 1.16 bits per heavy atom. The van der Waals surface area contributed by atoms with Gasteiger partial charge in [0.25, 0.3) is 0 Å². The van der Waals surface area contributed by atoms with E-state index in [2.05, 4.69) is 20.1 Å². The Bertz CT molecular complexity index is 1450. The number of halogens is 3. The minimum Gasteiger partial charge on any atom is -0.312 e. The van der Waals surface area contributed by atoms with Gasteiger partial charge in [0.1, 0.15) is 16.9 Å². The highest BCUT2D eigenvalue weighted by molar-refractivity contribution is 7.91. The van der Waals surface area contributed by atoms with Crippen LogP contribution in [0.5, 0.6) is 0 Å². The summed E-state index contributed by atoms with van der Waals surface area (Å²) in [6, 6.07) is 0.893. The lowest BCUT2D eigenvalue weighted by molar-refractivity contribution is -0.137. The number of hydrogen-bond donors (Lipinski definition) is 0. The van der Waals surface area contributed by atoms with E-state index in [9.17, 15) is 21.6 Å². The molecular formula is C19H17F3N6O2S. The van der Waals surface area contributed by atoms with Crippen molar-refractivity contribution in [2.75, 3.05) is 5.75 Å². The summed E-state index contributed by atoms with van der Waals surface area (Å²) in [5, 5.41) is 4.08. The van der Waals surface area contributed by atoms with Crippen molar-refractivity contribution in [1.82, 2.24) is 29.1 Å². The molecule has 8 nitrogen and oxygen atoms in total. The lowest BCUT2D eigenvalue weighted by Crippen LogP contribution is -2.07. The first kappa shape index (κ1) is 19.9. The zero-order valence-corrected chi connectivity index (χ0v) is 17.4. The molecule has 0 unspecified atom stereocenters. The normalized spacial score (nSPS) is 15.3. The molecule has 0 N–H and O–H groups in total. The third kappa shape index (κ3) is 3.16. The second-order valence-electron chi connectivity index (χ2n) is 7.57. The number of nitrogens with zero attached hydrogens (tertiary/aromatic N) is 6. The third-order valence-electron chi connectivity index (χ3n) is 5.44. The molecule has 0 aromatic carbocycles. The fourth-order valence-corrected chi connectivity index (χ4v) is 4.54. The van der Waals surface area contributed by atoms with Crippen LogP contribution in [0.15, 0.2) is 29.7 Å². The number of aromatic nitrogens is 6. The van der Waals surface area contributed by atoms with Crippen molar-refractivity contribution in [1.29, 1.82) is 0 Å². The number of sulfone groups is 1. The van der Waals surface area contributed by atoms with Crippen molar-refractivity contribution in [3.63, 3.8) is 0 Å². The van der Waals surface area contributed by atoms with Gasteiger partial charge in [-0.25, -0.2) is 27.9 Å². The van der Waals surface area contributed by atoms with Crippen LogP contribution >= 0.6 is 0 Å². The van der Waals surface area contributed by atoms with E-state index in [0.717, 1.165) is 30.7 Å².